The van der Waals surface area contributed by atoms with Crippen LogP contribution in [-0.4, -0.2) is 16.0 Å². The number of anilines is 1. The van der Waals surface area contributed by atoms with E-state index in [0.717, 1.165) is 0 Å². The summed E-state index contributed by atoms with van der Waals surface area (Å²) in [5.74, 6) is 0.352. The zero-order valence-electron chi connectivity index (χ0n) is 9.40. The summed E-state index contributed by atoms with van der Waals surface area (Å²) in [5.41, 5.74) is 0.402. The number of pyridine rings is 1. The van der Waals surface area contributed by atoms with Gasteiger partial charge in [-0.2, -0.15) is 0 Å². The highest BCUT2D eigenvalue weighted by Gasteiger charge is 2.12. The van der Waals surface area contributed by atoms with Crippen molar-refractivity contribution < 1.29 is 9.32 Å². The molecule has 0 aliphatic rings. The van der Waals surface area contributed by atoms with Crippen LogP contribution in [0.2, 0.25) is 0 Å². The Labute approximate surface area is 96.6 Å². The third-order valence-electron chi connectivity index (χ3n) is 2.17. The predicted octanol–water partition coefficient (Wildman–Crippen LogP) is 1.23. The highest BCUT2D eigenvalue weighted by molar-refractivity contribution is 6.03. The number of H-pyrrole nitrogens is 1. The molecule has 0 saturated heterocycles. The Hall–Kier alpha value is -2.37. The molecule has 0 aliphatic carbocycles. The van der Waals surface area contributed by atoms with E-state index in [0.29, 0.717) is 11.5 Å². The first-order chi connectivity index (χ1) is 8.06. The zero-order chi connectivity index (χ0) is 12.4. The number of hydrogen-bond donors (Lipinski definition) is 2. The highest BCUT2D eigenvalue weighted by atomic mass is 16.5. The van der Waals surface area contributed by atoms with Gasteiger partial charge in [0.05, 0.1) is 0 Å². The Morgan fingerprint density at radius 1 is 1.41 bits per heavy atom. The van der Waals surface area contributed by atoms with Crippen molar-refractivity contribution in [3.8, 4) is 0 Å². The van der Waals surface area contributed by atoms with Crippen LogP contribution in [-0.2, 0) is 0 Å². The van der Waals surface area contributed by atoms with Crippen LogP contribution in [0, 0.1) is 13.8 Å². The second kappa shape index (κ2) is 4.25. The molecule has 0 saturated carbocycles. The van der Waals surface area contributed by atoms with Crippen LogP contribution in [0.1, 0.15) is 21.8 Å². The van der Waals surface area contributed by atoms with Gasteiger partial charge in [-0.05, 0) is 13.8 Å². The maximum Gasteiger partial charge on any atom is 0.262 e. The first kappa shape index (κ1) is 11.1. The SMILES string of the molecule is Cc1cc(=O)c(C(=O)Nc2cc(C)on2)c[nH]1. The molecule has 0 bridgehead atoms. The minimum absolute atomic E-state index is 0.0382. The van der Waals surface area contributed by atoms with Crippen molar-refractivity contribution >= 4 is 11.7 Å². The summed E-state index contributed by atoms with van der Waals surface area (Å²) >= 11 is 0. The second-order valence-electron chi connectivity index (χ2n) is 3.67. The molecule has 0 fully saturated rings. The molecule has 0 aromatic carbocycles. The van der Waals surface area contributed by atoms with Crippen molar-refractivity contribution in [3.05, 3.63) is 45.6 Å². The minimum Gasteiger partial charge on any atom is -0.364 e. The summed E-state index contributed by atoms with van der Waals surface area (Å²) in [5, 5.41) is 6.08. The van der Waals surface area contributed by atoms with Gasteiger partial charge in [0.25, 0.3) is 5.91 Å². The molecule has 6 nitrogen and oxygen atoms in total. The number of carbonyl (C=O) groups is 1. The van der Waals surface area contributed by atoms with Gasteiger partial charge in [-0.3, -0.25) is 9.59 Å². The van der Waals surface area contributed by atoms with Gasteiger partial charge in [-0.1, -0.05) is 5.16 Å². The van der Waals surface area contributed by atoms with Crippen LogP contribution in [0.3, 0.4) is 0 Å². The maximum absolute atomic E-state index is 11.7. The number of aryl methyl sites for hydroxylation is 2. The van der Waals surface area contributed by atoms with Crippen LogP contribution in [0.15, 0.2) is 27.6 Å². The van der Waals surface area contributed by atoms with E-state index in [1.165, 1.54) is 12.3 Å². The molecule has 2 aromatic heterocycles. The van der Waals surface area contributed by atoms with E-state index >= 15 is 0 Å². The summed E-state index contributed by atoms with van der Waals surface area (Å²) in [6.45, 7) is 3.45. The monoisotopic (exact) mass is 233 g/mol. The van der Waals surface area contributed by atoms with Gasteiger partial charge in [0.15, 0.2) is 11.2 Å². The molecule has 2 rings (SSSR count). The average molecular weight is 233 g/mol. The quantitative estimate of drug-likeness (QED) is 0.816. The molecule has 2 heterocycles. The largest absolute Gasteiger partial charge is 0.364 e. The summed E-state index contributed by atoms with van der Waals surface area (Å²) in [7, 11) is 0. The lowest BCUT2D eigenvalue weighted by molar-refractivity contribution is 0.102. The number of hydrogen-bond acceptors (Lipinski definition) is 4. The number of amides is 1. The van der Waals surface area contributed by atoms with E-state index in [1.54, 1.807) is 19.9 Å². The second-order valence-corrected chi connectivity index (χ2v) is 3.67. The normalized spacial score (nSPS) is 10.2. The van der Waals surface area contributed by atoms with Gasteiger partial charge >= 0.3 is 0 Å². The van der Waals surface area contributed by atoms with Crippen LogP contribution < -0.4 is 10.7 Å². The number of nitrogens with one attached hydrogen (secondary N) is 2. The Bertz CT molecular complexity index is 612. The Morgan fingerprint density at radius 2 is 2.18 bits per heavy atom. The summed E-state index contributed by atoms with van der Waals surface area (Å²) in [4.78, 5) is 26.1. The molecule has 2 N–H and O–H groups in total. The average Bonchev–Trinajstić information content (AvgIpc) is 2.63. The van der Waals surface area contributed by atoms with Crippen molar-refractivity contribution in [2.45, 2.75) is 13.8 Å². The Morgan fingerprint density at radius 3 is 2.76 bits per heavy atom. The topological polar surface area (TPSA) is 88.0 Å². The first-order valence-electron chi connectivity index (χ1n) is 5.00. The van der Waals surface area contributed by atoms with Crippen LogP contribution in [0.4, 0.5) is 5.82 Å². The number of carbonyl (C=O) groups excluding carboxylic acids is 1. The van der Waals surface area contributed by atoms with Crippen LogP contribution in [0.25, 0.3) is 0 Å². The fourth-order valence-corrected chi connectivity index (χ4v) is 1.36. The summed E-state index contributed by atoms with van der Waals surface area (Å²) in [6, 6.07) is 2.93. The molecule has 17 heavy (non-hydrogen) atoms. The molecule has 2 aromatic rings. The Kier molecular flexibility index (Phi) is 2.78. The van der Waals surface area contributed by atoms with E-state index < -0.39 is 5.91 Å². The van der Waals surface area contributed by atoms with Crippen molar-refractivity contribution in [1.82, 2.24) is 10.1 Å². The first-order valence-corrected chi connectivity index (χ1v) is 5.00. The molecular formula is C11H11N3O3. The fourth-order valence-electron chi connectivity index (χ4n) is 1.36. The van der Waals surface area contributed by atoms with Gasteiger partial charge in [0, 0.05) is 24.0 Å². The van der Waals surface area contributed by atoms with Crippen molar-refractivity contribution in [2.75, 3.05) is 5.32 Å². The third kappa shape index (κ3) is 2.41. The van der Waals surface area contributed by atoms with Crippen molar-refractivity contribution in [1.29, 1.82) is 0 Å². The molecule has 0 spiro atoms. The lowest BCUT2D eigenvalue weighted by Gasteiger charge is -2.00. The zero-order valence-corrected chi connectivity index (χ0v) is 9.40. The van der Waals surface area contributed by atoms with E-state index in [4.69, 9.17) is 4.52 Å². The minimum atomic E-state index is -0.514. The van der Waals surface area contributed by atoms with E-state index in [2.05, 4.69) is 15.5 Å². The number of aromatic nitrogens is 2. The lowest BCUT2D eigenvalue weighted by Crippen LogP contribution is -2.21. The molecule has 0 atom stereocenters. The van der Waals surface area contributed by atoms with Gasteiger partial charge in [-0.25, -0.2) is 0 Å². The molecule has 88 valence electrons. The van der Waals surface area contributed by atoms with Gasteiger partial charge in [-0.15, -0.1) is 0 Å². The molecule has 1 amide bonds. The molecule has 0 radical (unpaired) electrons. The summed E-state index contributed by atoms with van der Waals surface area (Å²) in [6.07, 6.45) is 1.37. The van der Waals surface area contributed by atoms with E-state index in [9.17, 15) is 9.59 Å². The van der Waals surface area contributed by atoms with Crippen molar-refractivity contribution in [2.24, 2.45) is 0 Å². The standard InChI is InChI=1S/C11H11N3O3/c1-6-3-9(15)8(5-12-6)11(16)13-10-4-7(2)17-14-10/h3-5H,1-2H3,(H,12,15)(H,13,14,16). The molecular weight excluding hydrogens is 222 g/mol. The maximum atomic E-state index is 11.7. The van der Waals surface area contributed by atoms with Gasteiger partial charge < -0.3 is 14.8 Å². The third-order valence-corrected chi connectivity index (χ3v) is 2.17. The van der Waals surface area contributed by atoms with Crippen LogP contribution in [0.5, 0.6) is 0 Å². The number of aromatic amines is 1. The van der Waals surface area contributed by atoms with Crippen molar-refractivity contribution in [3.63, 3.8) is 0 Å². The Balaban J connectivity index is 2.23. The number of rotatable bonds is 2. The van der Waals surface area contributed by atoms with E-state index in [-0.39, 0.29) is 16.8 Å². The highest BCUT2D eigenvalue weighted by Crippen LogP contribution is 2.07. The fraction of sp³-hybridized carbons (Fsp3) is 0.182. The van der Waals surface area contributed by atoms with Gasteiger partial charge in [0.1, 0.15) is 11.3 Å². The smallest absolute Gasteiger partial charge is 0.262 e. The molecule has 6 heteroatoms. The predicted molar refractivity (Wildman–Crippen MR) is 61.0 cm³/mol. The molecule has 0 unspecified atom stereocenters. The number of nitrogens with zero attached hydrogens (tertiary/aromatic N) is 1. The lowest BCUT2D eigenvalue weighted by atomic mass is 10.2. The molecule has 0 aliphatic heterocycles. The van der Waals surface area contributed by atoms with E-state index in [1.807, 2.05) is 0 Å². The van der Waals surface area contributed by atoms with Gasteiger partial charge in [0.2, 0.25) is 0 Å². The van der Waals surface area contributed by atoms with Crippen LogP contribution >= 0.6 is 0 Å². The summed E-state index contributed by atoms with van der Waals surface area (Å²) < 4.78 is 4.80.